The highest BCUT2D eigenvalue weighted by Gasteiger charge is 2.34. The zero-order valence-corrected chi connectivity index (χ0v) is 17.8. The quantitative estimate of drug-likeness (QED) is 0.566. The molecule has 0 saturated heterocycles. The summed E-state index contributed by atoms with van der Waals surface area (Å²) in [5.74, 6) is -1.17. The smallest absolute Gasteiger partial charge is 0.335 e. The molecular formula is C23H22N4O5. The van der Waals surface area contributed by atoms with E-state index >= 15 is 0 Å². The van der Waals surface area contributed by atoms with Crippen LogP contribution in [0.25, 0.3) is 11.3 Å². The van der Waals surface area contributed by atoms with E-state index in [1.807, 2.05) is 38.1 Å². The van der Waals surface area contributed by atoms with Crippen LogP contribution in [-0.4, -0.2) is 39.8 Å². The molecule has 1 aliphatic heterocycles. The van der Waals surface area contributed by atoms with Crippen LogP contribution in [0, 0.1) is 13.8 Å². The van der Waals surface area contributed by atoms with E-state index < -0.39 is 17.9 Å². The Labute approximate surface area is 184 Å². The molecule has 1 aromatic heterocycles. The number of fused-ring (bicyclic) bond motifs is 1. The van der Waals surface area contributed by atoms with E-state index in [1.54, 1.807) is 0 Å². The van der Waals surface area contributed by atoms with Gasteiger partial charge in [-0.15, -0.1) is 0 Å². The van der Waals surface area contributed by atoms with Crippen LogP contribution in [0.15, 0.2) is 42.5 Å². The summed E-state index contributed by atoms with van der Waals surface area (Å²) in [6, 6.07) is 11.1. The van der Waals surface area contributed by atoms with Crippen molar-refractivity contribution in [3.05, 3.63) is 59.2 Å². The van der Waals surface area contributed by atoms with Crippen molar-refractivity contribution in [2.45, 2.75) is 26.3 Å². The standard InChI is InChI=1S/C23H22N4O5/c1-12-4-6-14(7-5-12)20-13(2)21-25-19(28)11-17(27(21)26-20)22(29)24-16-10-15(23(30)31)8-9-18(16)32-3/h4-10,17H,11H2,1-3H3,(H,24,29)(H,25,28)(H,30,31). The van der Waals surface area contributed by atoms with Gasteiger partial charge in [0, 0.05) is 11.1 Å². The molecule has 9 heteroatoms. The van der Waals surface area contributed by atoms with Crippen LogP contribution in [0.3, 0.4) is 0 Å². The van der Waals surface area contributed by atoms with Crippen molar-refractivity contribution < 1.29 is 24.2 Å². The first-order chi connectivity index (χ1) is 15.3. The van der Waals surface area contributed by atoms with Crippen LogP contribution in [0.1, 0.15) is 33.9 Å². The number of methoxy groups -OCH3 is 1. The number of nitrogens with zero attached hydrogens (tertiary/aromatic N) is 2. The van der Waals surface area contributed by atoms with Crippen molar-refractivity contribution in [2.24, 2.45) is 0 Å². The fraction of sp³-hybridized carbons (Fsp3) is 0.217. The number of aromatic nitrogens is 2. The molecule has 0 fully saturated rings. The van der Waals surface area contributed by atoms with E-state index in [-0.39, 0.29) is 23.6 Å². The molecular weight excluding hydrogens is 412 g/mol. The fourth-order valence-corrected chi connectivity index (χ4v) is 3.68. The molecule has 0 saturated carbocycles. The topological polar surface area (TPSA) is 123 Å². The number of carbonyl (C=O) groups excluding carboxylic acids is 2. The lowest BCUT2D eigenvalue weighted by molar-refractivity contribution is -0.125. The lowest BCUT2D eigenvalue weighted by Gasteiger charge is -2.24. The maximum atomic E-state index is 13.2. The number of carbonyl (C=O) groups is 3. The van der Waals surface area contributed by atoms with Crippen molar-refractivity contribution >= 4 is 29.3 Å². The van der Waals surface area contributed by atoms with Crippen molar-refractivity contribution in [2.75, 3.05) is 17.7 Å². The SMILES string of the molecule is COc1ccc(C(=O)O)cc1NC(=O)C1CC(=O)Nc2c(C)c(-c3ccc(C)cc3)nn21. The highest BCUT2D eigenvalue weighted by Crippen LogP contribution is 2.35. The average molecular weight is 434 g/mol. The van der Waals surface area contributed by atoms with E-state index in [2.05, 4.69) is 15.7 Å². The number of carboxylic acid groups (broad SMARTS) is 1. The van der Waals surface area contributed by atoms with Gasteiger partial charge in [0.2, 0.25) is 11.8 Å². The Morgan fingerprint density at radius 3 is 2.56 bits per heavy atom. The summed E-state index contributed by atoms with van der Waals surface area (Å²) in [6.45, 7) is 3.83. The van der Waals surface area contributed by atoms with Crippen LogP contribution < -0.4 is 15.4 Å². The Hall–Kier alpha value is -4.14. The Bertz CT molecular complexity index is 1230. The second kappa shape index (κ2) is 8.18. The third-order valence-corrected chi connectivity index (χ3v) is 5.41. The molecule has 9 nitrogen and oxygen atoms in total. The summed E-state index contributed by atoms with van der Waals surface area (Å²) in [5.41, 5.74) is 3.61. The Kier molecular flexibility index (Phi) is 5.40. The maximum absolute atomic E-state index is 13.2. The summed E-state index contributed by atoms with van der Waals surface area (Å²) in [6.07, 6.45) is -0.103. The van der Waals surface area contributed by atoms with Gasteiger partial charge in [0.15, 0.2) is 0 Å². The molecule has 2 aromatic carbocycles. The summed E-state index contributed by atoms with van der Waals surface area (Å²) in [4.78, 5) is 36.9. The number of aromatic carboxylic acids is 1. The highest BCUT2D eigenvalue weighted by atomic mass is 16.5. The minimum Gasteiger partial charge on any atom is -0.495 e. The van der Waals surface area contributed by atoms with Gasteiger partial charge < -0.3 is 20.5 Å². The normalized spacial score (nSPS) is 15.0. The van der Waals surface area contributed by atoms with Crippen LogP contribution in [0.2, 0.25) is 0 Å². The van der Waals surface area contributed by atoms with Gasteiger partial charge in [-0.3, -0.25) is 9.59 Å². The summed E-state index contributed by atoms with van der Waals surface area (Å²) in [7, 11) is 1.42. The molecule has 1 aliphatic rings. The largest absolute Gasteiger partial charge is 0.495 e. The number of nitrogens with one attached hydrogen (secondary N) is 2. The first-order valence-electron chi connectivity index (χ1n) is 9.96. The molecule has 0 aliphatic carbocycles. The van der Waals surface area contributed by atoms with Crippen LogP contribution in [0.4, 0.5) is 11.5 Å². The predicted octanol–water partition coefficient (Wildman–Crippen LogP) is 3.40. The van der Waals surface area contributed by atoms with E-state index in [0.717, 1.165) is 16.7 Å². The molecule has 0 bridgehead atoms. The number of benzene rings is 2. The number of carboxylic acids is 1. The zero-order chi connectivity index (χ0) is 23.0. The number of hydrogen-bond donors (Lipinski definition) is 3. The number of aryl methyl sites for hydroxylation is 1. The summed E-state index contributed by atoms with van der Waals surface area (Å²) >= 11 is 0. The molecule has 3 aromatic rings. The average Bonchev–Trinajstić information content (AvgIpc) is 3.10. The minimum absolute atomic E-state index is 0.000216. The molecule has 32 heavy (non-hydrogen) atoms. The van der Waals surface area contributed by atoms with Gasteiger partial charge in [-0.1, -0.05) is 29.8 Å². The number of anilines is 2. The number of amides is 2. The summed E-state index contributed by atoms with van der Waals surface area (Å²) in [5, 5.41) is 19.4. The van der Waals surface area contributed by atoms with Crippen LogP contribution in [0.5, 0.6) is 5.75 Å². The number of hydrogen-bond acceptors (Lipinski definition) is 5. The molecule has 1 unspecified atom stereocenters. The lowest BCUT2D eigenvalue weighted by Crippen LogP contribution is -2.36. The van der Waals surface area contributed by atoms with Crippen molar-refractivity contribution in [1.82, 2.24) is 9.78 Å². The fourth-order valence-electron chi connectivity index (χ4n) is 3.68. The molecule has 164 valence electrons. The van der Waals surface area contributed by atoms with E-state index in [4.69, 9.17) is 4.74 Å². The Balaban J connectivity index is 1.70. The zero-order valence-electron chi connectivity index (χ0n) is 17.8. The van der Waals surface area contributed by atoms with Gasteiger partial charge in [-0.05, 0) is 32.0 Å². The van der Waals surface area contributed by atoms with E-state index in [1.165, 1.54) is 30.0 Å². The summed E-state index contributed by atoms with van der Waals surface area (Å²) < 4.78 is 6.75. The van der Waals surface area contributed by atoms with Crippen LogP contribution in [-0.2, 0) is 9.59 Å². The first kappa shape index (κ1) is 21.1. The van der Waals surface area contributed by atoms with Gasteiger partial charge in [0.05, 0.1) is 30.5 Å². The molecule has 2 amide bonds. The third-order valence-electron chi connectivity index (χ3n) is 5.41. The lowest BCUT2D eigenvalue weighted by atomic mass is 10.1. The monoisotopic (exact) mass is 434 g/mol. The van der Waals surface area contributed by atoms with Gasteiger partial charge in [-0.25, -0.2) is 9.48 Å². The predicted molar refractivity (Wildman–Crippen MR) is 118 cm³/mol. The Morgan fingerprint density at radius 1 is 1.19 bits per heavy atom. The van der Waals surface area contributed by atoms with Crippen LogP contribution >= 0.6 is 0 Å². The van der Waals surface area contributed by atoms with E-state index in [9.17, 15) is 19.5 Å². The molecule has 3 N–H and O–H groups in total. The minimum atomic E-state index is -1.13. The highest BCUT2D eigenvalue weighted by molar-refractivity contribution is 6.03. The molecule has 0 spiro atoms. The van der Waals surface area contributed by atoms with Gasteiger partial charge in [-0.2, -0.15) is 5.10 Å². The second-order valence-corrected chi connectivity index (χ2v) is 7.61. The Morgan fingerprint density at radius 2 is 1.91 bits per heavy atom. The third kappa shape index (κ3) is 3.80. The second-order valence-electron chi connectivity index (χ2n) is 7.61. The molecule has 4 rings (SSSR count). The molecule has 0 radical (unpaired) electrons. The number of rotatable bonds is 5. The number of ether oxygens (including phenoxy) is 1. The van der Waals surface area contributed by atoms with Gasteiger partial charge in [0.1, 0.15) is 17.6 Å². The molecule has 1 atom stereocenters. The van der Waals surface area contributed by atoms with Crippen molar-refractivity contribution in [3.8, 4) is 17.0 Å². The van der Waals surface area contributed by atoms with Gasteiger partial charge >= 0.3 is 5.97 Å². The van der Waals surface area contributed by atoms with E-state index in [0.29, 0.717) is 17.3 Å². The van der Waals surface area contributed by atoms with Gasteiger partial charge in [0.25, 0.3) is 0 Å². The molecule has 2 heterocycles. The van der Waals surface area contributed by atoms with Crippen molar-refractivity contribution in [3.63, 3.8) is 0 Å². The maximum Gasteiger partial charge on any atom is 0.335 e. The van der Waals surface area contributed by atoms with Crippen molar-refractivity contribution in [1.29, 1.82) is 0 Å². The first-order valence-corrected chi connectivity index (χ1v) is 9.96.